The number of rotatable bonds is 7. The quantitative estimate of drug-likeness (QED) is 0.777. The molecule has 0 aliphatic heterocycles. The Bertz CT molecular complexity index is 734. The van der Waals surface area contributed by atoms with Crippen LogP contribution >= 0.6 is 11.3 Å². The number of halogens is 3. The maximum Gasteiger partial charge on any atom is 0.422 e. The van der Waals surface area contributed by atoms with Crippen LogP contribution in [0.3, 0.4) is 0 Å². The molecule has 0 bridgehead atoms. The Labute approximate surface area is 145 Å². The van der Waals surface area contributed by atoms with E-state index in [2.05, 4.69) is 10.3 Å². The van der Waals surface area contributed by atoms with E-state index >= 15 is 0 Å². The number of carbonyl (C=O) groups is 1. The Kier molecular flexibility index (Phi) is 6.21. The summed E-state index contributed by atoms with van der Waals surface area (Å²) >= 11 is 1.29. The van der Waals surface area contributed by atoms with Gasteiger partial charge in [-0.1, -0.05) is 6.07 Å². The van der Waals surface area contributed by atoms with Crippen molar-refractivity contribution in [3.05, 3.63) is 39.8 Å². The number of benzene rings is 1. The number of nitrogens with two attached hydrogens (primary N) is 1. The highest BCUT2D eigenvalue weighted by molar-refractivity contribution is 7.09. The molecular weight excluding hydrogens is 359 g/mol. The topological polar surface area (TPSA) is 86.5 Å². The number of amides is 1. The molecule has 0 fully saturated rings. The molecule has 1 aromatic heterocycles. The number of alkyl halides is 3. The Morgan fingerprint density at radius 2 is 2.12 bits per heavy atom. The van der Waals surface area contributed by atoms with Gasteiger partial charge < -0.3 is 20.5 Å². The Balaban J connectivity index is 1.99. The van der Waals surface area contributed by atoms with Crippen LogP contribution in [0.25, 0.3) is 0 Å². The fourth-order valence-electron chi connectivity index (χ4n) is 1.88. The van der Waals surface area contributed by atoms with Crippen molar-refractivity contribution >= 4 is 17.2 Å². The molecule has 1 aromatic carbocycles. The molecule has 0 unspecified atom stereocenters. The lowest BCUT2D eigenvalue weighted by Crippen LogP contribution is -2.23. The second-order valence-corrected chi connectivity index (χ2v) is 5.85. The largest absolute Gasteiger partial charge is 0.493 e. The average Bonchev–Trinajstić information content (AvgIpc) is 3.06. The summed E-state index contributed by atoms with van der Waals surface area (Å²) in [6, 6.07) is 4.40. The number of methoxy groups -OCH3 is 1. The molecule has 1 heterocycles. The van der Waals surface area contributed by atoms with E-state index in [0.29, 0.717) is 10.6 Å². The fraction of sp³-hybridized carbons (Fsp3) is 0.333. The number of carbonyl (C=O) groups excluding carboxylic acids is 1. The Morgan fingerprint density at radius 3 is 2.72 bits per heavy atom. The van der Waals surface area contributed by atoms with Gasteiger partial charge in [0.2, 0.25) is 0 Å². The van der Waals surface area contributed by atoms with Crippen molar-refractivity contribution in [2.24, 2.45) is 5.73 Å². The van der Waals surface area contributed by atoms with E-state index in [0.717, 1.165) is 0 Å². The third-order valence-corrected chi connectivity index (χ3v) is 3.90. The first-order valence-corrected chi connectivity index (χ1v) is 7.99. The number of nitrogens with one attached hydrogen (secondary N) is 1. The molecule has 0 spiro atoms. The summed E-state index contributed by atoms with van der Waals surface area (Å²) in [6.45, 7) is -0.995. The van der Waals surface area contributed by atoms with E-state index < -0.39 is 12.8 Å². The lowest BCUT2D eigenvalue weighted by Gasteiger charge is -2.13. The van der Waals surface area contributed by atoms with E-state index in [1.54, 1.807) is 11.4 Å². The molecule has 6 nitrogen and oxygen atoms in total. The maximum absolute atomic E-state index is 12.2. The summed E-state index contributed by atoms with van der Waals surface area (Å²) in [5.41, 5.74) is 6.35. The van der Waals surface area contributed by atoms with Crippen LogP contribution in [-0.2, 0) is 13.1 Å². The van der Waals surface area contributed by atoms with Crippen molar-refractivity contribution in [2.75, 3.05) is 13.7 Å². The van der Waals surface area contributed by atoms with Gasteiger partial charge in [-0.15, -0.1) is 11.3 Å². The Hall–Kier alpha value is -2.33. The van der Waals surface area contributed by atoms with E-state index in [1.807, 2.05) is 0 Å². The van der Waals surface area contributed by atoms with Crippen LogP contribution in [0.1, 0.15) is 21.1 Å². The Morgan fingerprint density at radius 1 is 1.36 bits per heavy atom. The van der Waals surface area contributed by atoms with Crippen molar-refractivity contribution in [2.45, 2.75) is 19.3 Å². The molecule has 2 rings (SSSR count). The van der Waals surface area contributed by atoms with Crippen LogP contribution in [0.4, 0.5) is 13.2 Å². The van der Waals surface area contributed by atoms with Crippen LogP contribution < -0.4 is 20.5 Å². The van der Waals surface area contributed by atoms with Gasteiger partial charge in [0.05, 0.1) is 7.11 Å². The highest BCUT2D eigenvalue weighted by Crippen LogP contribution is 2.29. The minimum Gasteiger partial charge on any atom is -0.493 e. The monoisotopic (exact) mass is 375 g/mol. The second-order valence-electron chi connectivity index (χ2n) is 4.90. The minimum absolute atomic E-state index is 0.0259. The van der Waals surface area contributed by atoms with Crippen molar-refractivity contribution in [3.63, 3.8) is 0 Å². The number of thiazole rings is 1. The third kappa shape index (κ3) is 5.61. The van der Waals surface area contributed by atoms with Crippen molar-refractivity contribution in [1.82, 2.24) is 10.3 Å². The third-order valence-electron chi connectivity index (χ3n) is 3.03. The molecule has 0 atom stereocenters. The van der Waals surface area contributed by atoms with Crippen molar-refractivity contribution < 1.29 is 27.4 Å². The minimum atomic E-state index is -4.44. The molecule has 136 valence electrons. The summed E-state index contributed by atoms with van der Waals surface area (Å²) in [6.07, 6.45) is -4.44. The van der Waals surface area contributed by atoms with Gasteiger partial charge in [-0.3, -0.25) is 4.79 Å². The number of nitrogens with zero attached hydrogens (tertiary/aromatic N) is 1. The molecule has 0 aliphatic carbocycles. The van der Waals surface area contributed by atoms with E-state index in [1.165, 1.54) is 30.6 Å². The smallest absolute Gasteiger partial charge is 0.422 e. The van der Waals surface area contributed by atoms with Crippen LogP contribution in [-0.4, -0.2) is 30.8 Å². The molecule has 10 heteroatoms. The summed E-state index contributed by atoms with van der Waals surface area (Å²) < 4.78 is 46.4. The fourth-order valence-corrected chi connectivity index (χ4v) is 2.54. The zero-order valence-electron chi connectivity index (χ0n) is 13.2. The zero-order chi connectivity index (χ0) is 18.4. The van der Waals surface area contributed by atoms with Gasteiger partial charge in [-0.25, -0.2) is 4.98 Å². The zero-order valence-corrected chi connectivity index (χ0v) is 14.0. The molecule has 3 N–H and O–H groups in total. The molecule has 0 radical (unpaired) electrons. The lowest BCUT2D eigenvalue weighted by molar-refractivity contribution is -0.153. The van der Waals surface area contributed by atoms with Gasteiger partial charge in [0.15, 0.2) is 18.1 Å². The predicted molar refractivity (Wildman–Crippen MR) is 85.7 cm³/mol. The van der Waals surface area contributed by atoms with E-state index in [9.17, 15) is 18.0 Å². The molecule has 25 heavy (non-hydrogen) atoms. The number of hydrogen-bond acceptors (Lipinski definition) is 6. The molecule has 0 saturated heterocycles. The molecule has 0 aliphatic rings. The van der Waals surface area contributed by atoms with Crippen LogP contribution in [0.15, 0.2) is 23.6 Å². The standard InChI is InChI=1S/C15H16F3N3O3S/c1-23-12-4-9(2-3-11(12)24-8-15(16,17)18)6-20-14(22)10-7-25-13(5-19)21-10/h2-4,7H,5-6,8,19H2,1H3,(H,20,22). The van der Waals surface area contributed by atoms with Crippen molar-refractivity contribution in [1.29, 1.82) is 0 Å². The van der Waals surface area contributed by atoms with Gasteiger partial charge >= 0.3 is 6.18 Å². The molecule has 2 aromatic rings. The first kappa shape index (κ1) is 19.0. The first-order valence-electron chi connectivity index (χ1n) is 7.11. The van der Waals surface area contributed by atoms with Crippen LogP contribution in [0, 0.1) is 0 Å². The highest BCUT2D eigenvalue weighted by Gasteiger charge is 2.29. The molecule has 1 amide bonds. The number of ether oxygens (including phenoxy) is 2. The van der Waals surface area contributed by atoms with Gasteiger partial charge in [0.25, 0.3) is 5.91 Å². The predicted octanol–water partition coefficient (Wildman–Crippen LogP) is 2.48. The van der Waals surface area contributed by atoms with E-state index in [-0.39, 0.29) is 36.2 Å². The molecular formula is C15H16F3N3O3S. The van der Waals surface area contributed by atoms with Gasteiger partial charge in [-0.05, 0) is 17.7 Å². The number of hydrogen-bond donors (Lipinski definition) is 2. The normalized spacial score (nSPS) is 11.2. The summed E-state index contributed by atoms with van der Waals surface area (Å²) in [5, 5.41) is 4.92. The van der Waals surface area contributed by atoms with Crippen LogP contribution in [0.2, 0.25) is 0 Å². The number of aromatic nitrogens is 1. The van der Waals surface area contributed by atoms with Gasteiger partial charge in [0, 0.05) is 18.5 Å². The van der Waals surface area contributed by atoms with Gasteiger partial charge in [0.1, 0.15) is 10.7 Å². The van der Waals surface area contributed by atoms with Crippen LogP contribution in [0.5, 0.6) is 11.5 Å². The van der Waals surface area contributed by atoms with E-state index in [4.69, 9.17) is 15.2 Å². The molecule has 0 saturated carbocycles. The second kappa shape index (κ2) is 8.17. The SMILES string of the molecule is COc1cc(CNC(=O)c2csc(CN)n2)ccc1OCC(F)(F)F. The highest BCUT2D eigenvalue weighted by atomic mass is 32.1. The summed E-state index contributed by atoms with van der Waals surface area (Å²) in [4.78, 5) is 16.1. The summed E-state index contributed by atoms with van der Waals surface area (Å²) in [7, 11) is 1.32. The maximum atomic E-state index is 12.2. The summed E-state index contributed by atoms with van der Waals surface area (Å²) in [5.74, 6) is -0.246. The van der Waals surface area contributed by atoms with Crippen molar-refractivity contribution in [3.8, 4) is 11.5 Å². The lowest BCUT2D eigenvalue weighted by atomic mass is 10.2. The van der Waals surface area contributed by atoms with Gasteiger partial charge in [-0.2, -0.15) is 13.2 Å². The first-order chi connectivity index (χ1) is 11.8. The average molecular weight is 375 g/mol.